The number of fused-ring (bicyclic) bond motifs is 1. The molecule has 2 aromatic rings. The van der Waals surface area contributed by atoms with Crippen LogP contribution in [0.5, 0.6) is 0 Å². The Bertz CT molecular complexity index is 820. The molecule has 1 N–H and O–H groups in total. The quantitative estimate of drug-likeness (QED) is 0.849. The summed E-state index contributed by atoms with van der Waals surface area (Å²) in [6.45, 7) is 0.214. The van der Waals surface area contributed by atoms with Gasteiger partial charge in [-0.25, -0.2) is 9.18 Å². The third kappa shape index (κ3) is 3.63. The maximum absolute atomic E-state index is 13.9. The highest BCUT2D eigenvalue weighted by Crippen LogP contribution is 2.32. The summed E-state index contributed by atoms with van der Waals surface area (Å²) in [5, 5.41) is 2.74. The predicted molar refractivity (Wildman–Crippen MR) is 91.8 cm³/mol. The Morgan fingerprint density at radius 1 is 1.24 bits per heavy atom. The Morgan fingerprint density at radius 3 is 2.72 bits per heavy atom. The number of carbonyl (C=O) groups excluding carboxylic acids is 2. The van der Waals surface area contributed by atoms with Crippen molar-refractivity contribution < 1.29 is 18.7 Å². The first-order valence-electron chi connectivity index (χ1n) is 7.98. The van der Waals surface area contributed by atoms with E-state index < -0.39 is 12.1 Å². The average molecular weight is 342 g/mol. The lowest BCUT2D eigenvalue weighted by molar-refractivity contribution is -0.123. The summed E-state index contributed by atoms with van der Waals surface area (Å²) in [5.41, 5.74) is 2.38. The first-order valence-corrected chi connectivity index (χ1v) is 7.98. The number of anilines is 1. The molecular formula is C19H19FN2O3. The van der Waals surface area contributed by atoms with Crippen LogP contribution in [0.25, 0.3) is 0 Å². The van der Waals surface area contributed by atoms with Gasteiger partial charge in [-0.2, -0.15) is 0 Å². The smallest absolute Gasteiger partial charge is 0.339 e. The molecule has 0 bridgehead atoms. The number of cyclic esters (lactones) is 1. The fourth-order valence-corrected chi connectivity index (χ4v) is 2.84. The van der Waals surface area contributed by atoms with Crippen LogP contribution in [0, 0.1) is 5.82 Å². The van der Waals surface area contributed by atoms with Crippen molar-refractivity contribution in [2.45, 2.75) is 19.1 Å². The summed E-state index contributed by atoms with van der Waals surface area (Å²) in [5.74, 6) is -1.00. The van der Waals surface area contributed by atoms with Gasteiger partial charge in [0, 0.05) is 26.2 Å². The molecule has 1 atom stereocenters. The second-order valence-corrected chi connectivity index (χ2v) is 6.14. The molecule has 0 saturated heterocycles. The van der Waals surface area contributed by atoms with Crippen LogP contribution in [0.4, 0.5) is 10.1 Å². The summed E-state index contributed by atoms with van der Waals surface area (Å²) in [6, 6.07) is 11.9. The van der Waals surface area contributed by atoms with E-state index >= 15 is 0 Å². The van der Waals surface area contributed by atoms with Gasteiger partial charge in [0.25, 0.3) is 0 Å². The highest BCUT2D eigenvalue weighted by molar-refractivity contribution is 5.94. The molecule has 2 aromatic carbocycles. The Balaban J connectivity index is 1.59. The van der Waals surface area contributed by atoms with Crippen LogP contribution in [0.1, 0.15) is 34.0 Å². The predicted octanol–water partition coefficient (Wildman–Crippen LogP) is 2.81. The van der Waals surface area contributed by atoms with Crippen molar-refractivity contribution in [1.82, 2.24) is 5.32 Å². The van der Waals surface area contributed by atoms with Crippen molar-refractivity contribution in [2.75, 3.05) is 19.0 Å². The molecule has 3 rings (SSSR count). The molecule has 0 saturated carbocycles. The number of halogens is 1. The Hall–Kier alpha value is -2.89. The van der Waals surface area contributed by atoms with Crippen molar-refractivity contribution in [1.29, 1.82) is 0 Å². The molecular weight excluding hydrogens is 323 g/mol. The number of nitrogens with zero attached hydrogens (tertiary/aromatic N) is 1. The van der Waals surface area contributed by atoms with Crippen LogP contribution in [0.3, 0.4) is 0 Å². The summed E-state index contributed by atoms with van der Waals surface area (Å²) in [6.07, 6.45) is -0.530. The van der Waals surface area contributed by atoms with Crippen LogP contribution in [0.2, 0.25) is 0 Å². The normalized spacial score (nSPS) is 15.5. The summed E-state index contributed by atoms with van der Waals surface area (Å²) < 4.78 is 19.2. The van der Waals surface area contributed by atoms with Gasteiger partial charge < -0.3 is 15.0 Å². The van der Waals surface area contributed by atoms with Crippen molar-refractivity contribution >= 4 is 17.6 Å². The minimum absolute atomic E-state index is 0.0427. The molecule has 0 fully saturated rings. The van der Waals surface area contributed by atoms with Crippen LogP contribution in [-0.4, -0.2) is 26.0 Å². The molecule has 130 valence electrons. The largest absolute Gasteiger partial charge is 0.453 e. The van der Waals surface area contributed by atoms with Crippen molar-refractivity contribution in [2.24, 2.45) is 0 Å². The van der Waals surface area contributed by atoms with E-state index in [2.05, 4.69) is 5.32 Å². The molecule has 25 heavy (non-hydrogen) atoms. The minimum Gasteiger partial charge on any atom is -0.453 e. The van der Waals surface area contributed by atoms with E-state index in [4.69, 9.17) is 4.74 Å². The van der Waals surface area contributed by atoms with Gasteiger partial charge in [0.15, 0.2) is 0 Å². The Labute approximate surface area is 145 Å². The van der Waals surface area contributed by atoms with E-state index in [9.17, 15) is 14.0 Å². The topological polar surface area (TPSA) is 58.6 Å². The maximum atomic E-state index is 13.9. The van der Waals surface area contributed by atoms with E-state index in [1.807, 2.05) is 0 Å². The van der Waals surface area contributed by atoms with E-state index in [0.29, 0.717) is 16.8 Å². The first kappa shape index (κ1) is 17.0. The maximum Gasteiger partial charge on any atom is 0.339 e. The molecule has 1 aliphatic heterocycles. The van der Waals surface area contributed by atoms with Crippen LogP contribution < -0.4 is 10.2 Å². The highest BCUT2D eigenvalue weighted by Gasteiger charge is 2.31. The molecule has 5 nitrogen and oxygen atoms in total. The van der Waals surface area contributed by atoms with Gasteiger partial charge in [-0.3, -0.25) is 4.79 Å². The van der Waals surface area contributed by atoms with Crippen molar-refractivity contribution in [3.05, 3.63) is 65.0 Å². The fraction of sp³-hybridized carbons (Fsp3) is 0.263. The minimum atomic E-state index is -0.573. The number of nitrogens with one attached hydrogen (secondary N) is 1. The third-order valence-electron chi connectivity index (χ3n) is 4.13. The SMILES string of the molecule is CN(C)c1ccc(CNC(=O)C[C@H]2OC(=O)c3ccccc32)cc1F. The number of benzene rings is 2. The first-order chi connectivity index (χ1) is 12.0. The van der Waals surface area contributed by atoms with E-state index in [1.54, 1.807) is 55.4 Å². The summed E-state index contributed by atoms with van der Waals surface area (Å²) in [7, 11) is 3.53. The molecule has 6 heteroatoms. The van der Waals surface area contributed by atoms with Gasteiger partial charge in [-0.1, -0.05) is 24.3 Å². The van der Waals surface area contributed by atoms with Gasteiger partial charge in [0.2, 0.25) is 5.91 Å². The summed E-state index contributed by atoms with van der Waals surface area (Å²) >= 11 is 0. The lowest BCUT2D eigenvalue weighted by Crippen LogP contribution is -2.24. The van der Waals surface area contributed by atoms with Crippen molar-refractivity contribution in [3.8, 4) is 0 Å². The van der Waals surface area contributed by atoms with E-state index in [-0.39, 0.29) is 24.7 Å². The number of amides is 1. The van der Waals surface area contributed by atoms with Gasteiger partial charge in [-0.15, -0.1) is 0 Å². The molecule has 0 aliphatic carbocycles. The van der Waals surface area contributed by atoms with Crippen molar-refractivity contribution in [3.63, 3.8) is 0 Å². The van der Waals surface area contributed by atoms with Crippen LogP contribution >= 0.6 is 0 Å². The van der Waals surface area contributed by atoms with Gasteiger partial charge in [0.1, 0.15) is 11.9 Å². The number of hydrogen-bond donors (Lipinski definition) is 1. The Morgan fingerprint density at radius 2 is 2.00 bits per heavy atom. The zero-order valence-corrected chi connectivity index (χ0v) is 14.1. The number of hydrogen-bond acceptors (Lipinski definition) is 4. The lowest BCUT2D eigenvalue weighted by Gasteiger charge is -2.15. The van der Waals surface area contributed by atoms with E-state index in [1.165, 1.54) is 6.07 Å². The number of rotatable bonds is 5. The monoisotopic (exact) mass is 342 g/mol. The third-order valence-corrected chi connectivity index (χ3v) is 4.13. The highest BCUT2D eigenvalue weighted by atomic mass is 19.1. The van der Waals surface area contributed by atoms with Crippen LogP contribution in [0.15, 0.2) is 42.5 Å². The van der Waals surface area contributed by atoms with Gasteiger partial charge in [0.05, 0.1) is 17.7 Å². The second kappa shape index (κ2) is 6.93. The standard InChI is InChI=1S/C19H19FN2O3/c1-22(2)16-8-7-12(9-15(16)20)11-21-18(23)10-17-13-5-3-4-6-14(13)19(24)25-17/h3-9,17H,10-11H2,1-2H3,(H,21,23)/t17-/m1/s1. The van der Waals surface area contributed by atoms with Gasteiger partial charge >= 0.3 is 5.97 Å². The van der Waals surface area contributed by atoms with E-state index in [0.717, 1.165) is 5.56 Å². The molecule has 1 aliphatic rings. The summed E-state index contributed by atoms with van der Waals surface area (Å²) in [4.78, 5) is 25.6. The lowest BCUT2D eigenvalue weighted by atomic mass is 10.0. The number of esters is 1. The fourth-order valence-electron chi connectivity index (χ4n) is 2.84. The zero-order chi connectivity index (χ0) is 18.0. The molecule has 0 spiro atoms. The molecule has 0 radical (unpaired) electrons. The Kier molecular flexibility index (Phi) is 4.70. The number of ether oxygens (including phenoxy) is 1. The number of carbonyl (C=O) groups is 2. The van der Waals surface area contributed by atoms with Crippen LogP contribution in [-0.2, 0) is 16.1 Å². The molecule has 0 unspecified atom stereocenters. The molecule has 1 amide bonds. The molecule has 1 heterocycles. The average Bonchev–Trinajstić information content (AvgIpc) is 2.89. The van der Waals surface area contributed by atoms with Gasteiger partial charge in [-0.05, 0) is 23.8 Å². The molecule has 0 aromatic heterocycles. The zero-order valence-electron chi connectivity index (χ0n) is 14.1. The second-order valence-electron chi connectivity index (χ2n) is 6.14.